The van der Waals surface area contributed by atoms with E-state index < -0.39 is 0 Å². The summed E-state index contributed by atoms with van der Waals surface area (Å²) >= 11 is 0. The Kier molecular flexibility index (Phi) is 6.53. The van der Waals surface area contributed by atoms with Gasteiger partial charge in [-0.2, -0.15) is 0 Å². The van der Waals surface area contributed by atoms with Crippen molar-refractivity contribution in [2.24, 2.45) is 5.84 Å². The topological polar surface area (TPSA) is 73.6 Å². The molecule has 3 N–H and O–H groups in total. The molecule has 1 amide bonds. The van der Waals surface area contributed by atoms with Gasteiger partial charge >= 0.3 is 0 Å². The number of ether oxygens (including phenoxy) is 2. The van der Waals surface area contributed by atoms with Gasteiger partial charge in [-0.15, -0.1) is 6.58 Å². The summed E-state index contributed by atoms with van der Waals surface area (Å²) in [6, 6.07) is 6.73. The quantitative estimate of drug-likeness (QED) is 0.239. The number of amides is 1. The van der Waals surface area contributed by atoms with Gasteiger partial charge in [-0.1, -0.05) is 6.08 Å². The molecule has 18 heavy (non-hydrogen) atoms. The van der Waals surface area contributed by atoms with E-state index in [-0.39, 0.29) is 5.91 Å². The highest BCUT2D eigenvalue weighted by molar-refractivity contribution is 5.93. The molecule has 98 valence electrons. The summed E-state index contributed by atoms with van der Waals surface area (Å²) in [5.74, 6) is 5.39. The molecule has 0 radical (unpaired) electrons. The second kappa shape index (κ2) is 8.27. The Balaban J connectivity index is 2.26. The van der Waals surface area contributed by atoms with Crippen molar-refractivity contribution in [1.29, 1.82) is 0 Å². The average Bonchev–Trinajstić information content (AvgIpc) is 2.42. The maximum Gasteiger partial charge on any atom is 0.265 e. The molecule has 0 atom stereocenters. The molecule has 0 aliphatic rings. The zero-order valence-corrected chi connectivity index (χ0v) is 10.2. The number of rotatable bonds is 8. The van der Waals surface area contributed by atoms with Gasteiger partial charge in [0.25, 0.3) is 5.91 Å². The first kappa shape index (κ1) is 14.2. The van der Waals surface area contributed by atoms with Crippen molar-refractivity contribution < 1.29 is 14.3 Å². The average molecular weight is 250 g/mol. The fraction of sp³-hybridized carbons (Fsp3) is 0.308. The molecule has 0 heterocycles. The summed E-state index contributed by atoms with van der Waals surface area (Å²) in [5.41, 5.74) is 2.56. The first-order chi connectivity index (χ1) is 8.77. The van der Waals surface area contributed by atoms with E-state index in [4.69, 9.17) is 15.3 Å². The Morgan fingerprint density at radius 3 is 2.61 bits per heavy atom. The molecule has 5 nitrogen and oxygen atoms in total. The van der Waals surface area contributed by atoms with Gasteiger partial charge in [-0.3, -0.25) is 10.2 Å². The van der Waals surface area contributed by atoms with Crippen molar-refractivity contribution in [3.63, 3.8) is 0 Å². The predicted octanol–water partition coefficient (Wildman–Crippen LogP) is 1.26. The number of nitrogen functional groups attached to an aromatic ring is 1. The Bertz CT molecular complexity index is 376. The summed E-state index contributed by atoms with van der Waals surface area (Å²) in [6.45, 7) is 5.26. The van der Waals surface area contributed by atoms with Gasteiger partial charge in [-0.25, -0.2) is 5.84 Å². The van der Waals surface area contributed by atoms with E-state index in [9.17, 15) is 4.79 Å². The number of nitrogens with one attached hydrogen (secondary N) is 1. The molecule has 1 rings (SSSR count). The molecule has 0 aromatic heterocycles. The third-order valence-corrected chi connectivity index (χ3v) is 2.21. The standard InChI is InChI=1S/C13H18N2O3/c1-2-3-8-17-9-10-18-12-6-4-11(5-7-12)13(16)15-14/h2,4-7H,1,3,8-10,14H2,(H,15,16). The summed E-state index contributed by atoms with van der Waals surface area (Å²) in [4.78, 5) is 11.2. The SMILES string of the molecule is C=CCCOCCOc1ccc(C(=O)NN)cc1. The van der Waals surface area contributed by atoms with E-state index in [1.807, 2.05) is 6.08 Å². The fourth-order valence-electron chi connectivity index (χ4n) is 1.27. The monoisotopic (exact) mass is 250 g/mol. The normalized spacial score (nSPS) is 9.83. The smallest absolute Gasteiger partial charge is 0.265 e. The lowest BCUT2D eigenvalue weighted by atomic mass is 10.2. The van der Waals surface area contributed by atoms with Gasteiger partial charge in [0.1, 0.15) is 12.4 Å². The van der Waals surface area contributed by atoms with Crippen molar-refractivity contribution in [1.82, 2.24) is 5.43 Å². The van der Waals surface area contributed by atoms with Crippen LogP contribution in [0.25, 0.3) is 0 Å². The minimum Gasteiger partial charge on any atom is -0.491 e. The molecular weight excluding hydrogens is 232 g/mol. The van der Waals surface area contributed by atoms with Crippen molar-refractivity contribution in [2.45, 2.75) is 6.42 Å². The third-order valence-electron chi connectivity index (χ3n) is 2.21. The van der Waals surface area contributed by atoms with E-state index in [0.29, 0.717) is 31.1 Å². The van der Waals surface area contributed by atoms with Crippen LogP contribution < -0.4 is 16.0 Å². The molecule has 0 unspecified atom stereocenters. The highest BCUT2D eigenvalue weighted by Crippen LogP contribution is 2.11. The number of nitrogens with two attached hydrogens (primary N) is 1. The van der Waals surface area contributed by atoms with Gasteiger partial charge in [0, 0.05) is 5.56 Å². The van der Waals surface area contributed by atoms with Gasteiger partial charge in [0.15, 0.2) is 0 Å². The van der Waals surface area contributed by atoms with E-state index in [1.165, 1.54) is 0 Å². The number of benzene rings is 1. The lowest BCUT2D eigenvalue weighted by Gasteiger charge is -2.07. The zero-order chi connectivity index (χ0) is 13.2. The molecule has 0 aliphatic carbocycles. The molecule has 5 heteroatoms. The van der Waals surface area contributed by atoms with Crippen LogP contribution in [0.5, 0.6) is 5.75 Å². The summed E-state index contributed by atoms with van der Waals surface area (Å²) in [6.07, 6.45) is 2.64. The zero-order valence-electron chi connectivity index (χ0n) is 10.2. The van der Waals surface area contributed by atoms with Crippen LogP contribution in [-0.2, 0) is 4.74 Å². The van der Waals surface area contributed by atoms with E-state index in [0.717, 1.165) is 6.42 Å². The van der Waals surface area contributed by atoms with Crippen molar-refractivity contribution in [2.75, 3.05) is 19.8 Å². The first-order valence-electron chi connectivity index (χ1n) is 5.70. The lowest BCUT2D eigenvalue weighted by molar-refractivity contribution is 0.0953. The number of hydrogen-bond donors (Lipinski definition) is 2. The molecule has 0 spiro atoms. The molecule has 1 aromatic rings. The van der Waals surface area contributed by atoms with Crippen LogP contribution >= 0.6 is 0 Å². The number of hydrogen-bond acceptors (Lipinski definition) is 4. The fourth-order valence-corrected chi connectivity index (χ4v) is 1.27. The van der Waals surface area contributed by atoms with Crippen LogP contribution in [-0.4, -0.2) is 25.7 Å². The third kappa shape index (κ3) is 4.99. The van der Waals surface area contributed by atoms with Crippen LogP contribution in [0.4, 0.5) is 0 Å². The maximum absolute atomic E-state index is 11.2. The van der Waals surface area contributed by atoms with Crippen LogP contribution in [0, 0.1) is 0 Å². The molecular formula is C13H18N2O3. The van der Waals surface area contributed by atoms with Gasteiger partial charge in [0.05, 0.1) is 13.2 Å². The van der Waals surface area contributed by atoms with Crippen LogP contribution in [0.2, 0.25) is 0 Å². The lowest BCUT2D eigenvalue weighted by Crippen LogP contribution is -2.29. The predicted molar refractivity (Wildman–Crippen MR) is 69.2 cm³/mol. The number of carbonyl (C=O) groups excluding carboxylic acids is 1. The maximum atomic E-state index is 11.2. The van der Waals surface area contributed by atoms with Crippen molar-refractivity contribution in [3.05, 3.63) is 42.5 Å². The minimum atomic E-state index is -0.325. The molecule has 0 aliphatic heterocycles. The van der Waals surface area contributed by atoms with E-state index in [2.05, 4.69) is 12.0 Å². The van der Waals surface area contributed by atoms with Gasteiger partial charge in [0.2, 0.25) is 0 Å². The summed E-state index contributed by atoms with van der Waals surface area (Å²) in [7, 11) is 0. The van der Waals surface area contributed by atoms with Crippen molar-refractivity contribution in [3.8, 4) is 5.75 Å². The largest absolute Gasteiger partial charge is 0.491 e. The summed E-state index contributed by atoms with van der Waals surface area (Å²) < 4.78 is 10.7. The van der Waals surface area contributed by atoms with Crippen LogP contribution in [0.3, 0.4) is 0 Å². The van der Waals surface area contributed by atoms with E-state index in [1.54, 1.807) is 24.3 Å². The van der Waals surface area contributed by atoms with Gasteiger partial charge < -0.3 is 9.47 Å². The molecule has 0 bridgehead atoms. The Labute approximate surface area is 107 Å². The first-order valence-corrected chi connectivity index (χ1v) is 5.70. The minimum absolute atomic E-state index is 0.325. The van der Waals surface area contributed by atoms with Crippen LogP contribution in [0.15, 0.2) is 36.9 Å². The molecule has 0 saturated carbocycles. The highest BCUT2D eigenvalue weighted by Gasteiger charge is 2.02. The molecule has 0 saturated heterocycles. The van der Waals surface area contributed by atoms with Crippen molar-refractivity contribution >= 4 is 5.91 Å². The second-order valence-corrected chi connectivity index (χ2v) is 3.54. The van der Waals surface area contributed by atoms with E-state index >= 15 is 0 Å². The van der Waals surface area contributed by atoms with Crippen LogP contribution in [0.1, 0.15) is 16.8 Å². The Morgan fingerprint density at radius 2 is 2.00 bits per heavy atom. The van der Waals surface area contributed by atoms with Gasteiger partial charge in [-0.05, 0) is 30.7 Å². The number of carbonyl (C=O) groups is 1. The molecule has 1 aromatic carbocycles. The second-order valence-electron chi connectivity index (χ2n) is 3.54. The Morgan fingerprint density at radius 1 is 1.28 bits per heavy atom. The highest BCUT2D eigenvalue weighted by atomic mass is 16.5. The number of hydrazine groups is 1. The Hall–Kier alpha value is -1.85. The molecule has 0 fully saturated rings. The summed E-state index contributed by atoms with van der Waals surface area (Å²) in [5, 5.41) is 0.